The van der Waals surface area contributed by atoms with Gasteiger partial charge in [0, 0.05) is 6.42 Å². The number of phosphoric ester groups is 1. The Morgan fingerprint density at radius 2 is 0.984 bits per heavy atom. The van der Waals surface area contributed by atoms with Gasteiger partial charge in [0.15, 0.2) is 0 Å². The van der Waals surface area contributed by atoms with Crippen molar-refractivity contribution in [3.8, 4) is 0 Å². The van der Waals surface area contributed by atoms with Crippen LogP contribution in [0.25, 0.3) is 0 Å². The van der Waals surface area contributed by atoms with Gasteiger partial charge in [0.05, 0.1) is 39.9 Å². The molecule has 0 aliphatic rings. The molecule has 0 aliphatic heterocycles. The second kappa shape index (κ2) is 44.6. The third kappa shape index (κ3) is 47.2. The number of hydrogen-bond acceptors (Lipinski definition) is 6. The third-order valence-electron chi connectivity index (χ3n) is 10.5. The number of likely N-dealkylation sites (N-methyl/N-ethyl adjacent to an activating group) is 1. The van der Waals surface area contributed by atoms with Gasteiger partial charge in [0.25, 0.3) is 7.82 Å². The van der Waals surface area contributed by atoms with E-state index in [4.69, 9.17) is 9.05 Å². The summed E-state index contributed by atoms with van der Waals surface area (Å²) in [6, 6.07) is -0.914. The lowest BCUT2D eigenvalue weighted by Gasteiger charge is -2.29. The second-order valence-corrected chi connectivity index (χ2v) is 19.2. The molecule has 0 radical (unpaired) electrons. The first-order valence-electron chi connectivity index (χ1n) is 25.1. The molecule has 63 heavy (non-hydrogen) atoms. The lowest BCUT2D eigenvalue weighted by Crippen LogP contribution is -2.45. The fraction of sp³-hybridized carbons (Fsp3) is 0.685. The molecule has 1 amide bonds. The maximum absolute atomic E-state index is 12.9. The van der Waals surface area contributed by atoms with Gasteiger partial charge in [0.1, 0.15) is 13.2 Å². The van der Waals surface area contributed by atoms with Gasteiger partial charge in [-0.25, -0.2) is 0 Å². The predicted molar refractivity (Wildman–Crippen MR) is 269 cm³/mol. The predicted octanol–water partition coefficient (Wildman–Crippen LogP) is 14.1. The van der Waals surface area contributed by atoms with E-state index in [0.29, 0.717) is 17.4 Å². The van der Waals surface area contributed by atoms with Crippen molar-refractivity contribution in [2.75, 3.05) is 40.9 Å². The number of rotatable bonds is 44. The highest BCUT2D eigenvalue weighted by molar-refractivity contribution is 7.45. The molecular weight excluding hydrogens is 804 g/mol. The number of aliphatic hydroxyl groups is 1. The smallest absolute Gasteiger partial charge is 0.268 e. The van der Waals surface area contributed by atoms with Crippen molar-refractivity contribution in [3.63, 3.8) is 0 Å². The van der Waals surface area contributed by atoms with E-state index < -0.39 is 26.6 Å². The van der Waals surface area contributed by atoms with Crippen LogP contribution in [0.15, 0.2) is 97.2 Å². The number of carbonyl (C=O) groups excluding carboxylic acids is 1. The lowest BCUT2D eigenvalue weighted by molar-refractivity contribution is -0.870. The number of amides is 1. The van der Waals surface area contributed by atoms with Gasteiger partial charge in [-0.1, -0.05) is 195 Å². The third-order valence-corrected chi connectivity index (χ3v) is 11.5. The molecule has 362 valence electrons. The summed E-state index contributed by atoms with van der Waals surface area (Å²) >= 11 is 0. The Labute approximate surface area is 388 Å². The minimum Gasteiger partial charge on any atom is -0.756 e. The standard InChI is InChI=1S/C54H95N2O6P/c1-6-8-10-12-14-16-18-20-21-22-23-24-25-26-27-28-29-30-31-32-33-34-35-36-38-40-42-44-46-48-54(58)55-52(51-62-63(59,60)61-50-49-56(3,4)5)53(57)47-45-43-41-39-37-19-17-15-13-11-9-7-2/h8,10,13-16,20-21,23-24,26-27,37,39,45,47,52-53,57H,6-7,9,11-12,17-19,22,25,28-36,38,40-44,46,48-51H2,1-5H3,(H-,55,58,59,60)/b10-8-,15-13+,16-14-,21-20-,24-23-,27-26-,39-37+,47-45+. The molecule has 0 aliphatic carbocycles. The SMILES string of the molecule is CC/C=C\C/C=C\C/C=C\C/C=C\C/C=C\CCCCCCCCCCCCCCCC(=O)NC(COP(=O)([O-])OCC[N+](C)(C)C)C(O)/C=C/CC/C=C/CC/C=C/CCCC. The average Bonchev–Trinajstić information content (AvgIpc) is 3.24. The Balaban J connectivity index is 4.20. The van der Waals surface area contributed by atoms with Crippen LogP contribution in [0.4, 0.5) is 0 Å². The van der Waals surface area contributed by atoms with Crippen LogP contribution in [-0.4, -0.2) is 68.5 Å². The maximum Gasteiger partial charge on any atom is 0.268 e. The van der Waals surface area contributed by atoms with Gasteiger partial charge in [-0.05, 0) is 83.5 Å². The Morgan fingerprint density at radius 1 is 0.571 bits per heavy atom. The van der Waals surface area contributed by atoms with Gasteiger partial charge in [0.2, 0.25) is 5.91 Å². The van der Waals surface area contributed by atoms with Crippen LogP contribution < -0.4 is 10.2 Å². The zero-order chi connectivity index (χ0) is 46.4. The van der Waals surface area contributed by atoms with Crippen molar-refractivity contribution in [1.82, 2.24) is 5.32 Å². The Kier molecular flexibility index (Phi) is 42.8. The van der Waals surface area contributed by atoms with Gasteiger partial charge in [-0.15, -0.1) is 0 Å². The lowest BCUT2D eigenvalue weighted by atomic mass is 10.0. The number of quaternary nitrogens is 1. The van der Waals surface area contributed by atoms with Crippen molar-refractivity contribution in [2.24, 2.45) is 0 Å². The van der Waals surface area contributed by atoms with E-state index in [2.05, 4.69) is 104 Å². The highest BCUT2D eigenvalue weighted by atomic mass is 31.2. The molecule has 0 aromatic carbocycles. The fourth-order valence-corrected chi connectivity index (χ4v) is 7.27. The molecule has 0 spiro atoms. The van der Waals surface area contributed by atoms with Gasteiger partial charge in [-0.2, -0.15) is 0 Å². The van der Waals surface area contributed by atoms with Crippen LogP contribution in [0.5, 0.6) is 0 Å². The van der Waals surface area contributed by atoms with E-state index >= 15 is 0 Å². The zero-order valence-electron chi connectivity index (χ0n) is 41.0. The second-order valence-electron chi connectivity index (χ2n) is 17.8. The first-order chi connectivity index (χ1) is 30.5. The molecule has 0 saturated heterocycles. The van der Waals surface area contributed by atoms with E-state index in [1.54, 1.807) is 6.08 Å². The highest BCUT2D eigenvalue weighted by Crippen LogP contribution is 2.38. The topological polar surface area (TPSA) is 108 Å². The number of aliphatic hydroxyl groups excluding tert-OH is 1. The molecule has 2 N–H and O–H groups in total. The summed E-state index contributed by atoms with van der Waals surface area (Å²) in [6.45, 7) is 4.43. The minimum atomic E-state index is -4.61. The van der Waals surface area contributed by atoms with E-state index in [1.807, 2.05) is 27.2 Å². The molecule has 0 aromatic rings. The summed E-state index contributed by atoms with van der Waals surface area (Å²) < 4.78 is 23.2. The molecule has 3 atom stereocenters. The first kappa shape index (κ1) is 60.4. The van der Waals surface area contributed by atoms with Crippen LogP contribution in [0, 0.1) is 0 Å². The van der Waals surface area contributed by atoms with Crippen molar-refractivity contribution in [3.05, 3.63) is 97.2 Å². The van der Waals surface area contributed by atoms with E-state index in [-0.39, 0.29) is 12.5 Å². The van der Waals surface area contributed by atoms with Crippen LogP contribution >= 0.6 is 7.82 Å². The Morgan fingerprint density at radius 3 is 1.48 bits per heavy atom. The number of carbonyl (C=O) groups is 1. The summed E-state index contributed by atoms with van der Waals surface area (Å²) in [5.74, 6) is -0.219. The van der Waals surface area contributed by atoms with Crippen molar-refractivity contribution >= 4 is 13.7 Å². The molecule has 0 saturated carbocycles. The fourth-order valence-electron chi connectivity index (χ4n) is 6.55. The highest BCUT2D eigenvalue weighted by Gasteiger charge is 2.23. The minimum absolute atomic E-state index is 0.0136. The number of phosphoric acid groups is 1. The molecule has 8 nitrogen and oxygen atoms in total. The molecular formula is C54H95N2O6P. The molecule has 0 rings (SSSR count). The number of unbranched alkanes of at least 4 members (excludes halogenated alkanes) is 17. The van der Waals surface area contributed by atoms with Crippen LogP contribution in [0.3, 0.4) is 0 Å². The monoisotopic (exact) mass is 899 g/mol. The maximum atomic E-state index is 12.9. The molecule has 0 heterocycles. The number of nitrogens with one attached hydrogen (secondary N) is 1. The van der Waals surface area contributed by atoms with E-state index in [9.17, 15) is 19.4 Å². The van der Waals surface area contributed by atoms with E-state index in [0.717, 1.165) is 83.5 Å². The van der Waals surface area contributed by atoms with E-state index in [1.165, 1.54) is 83.5 Å². The van der Waals surface area contributed by atoms with Crippen LogP contribution in [0.2, 0.25) is 0 Å². The van der Waals surface area contributed by atoms with Crippen molar-refractivity contribution in [1.29, 1.82) is 0 Å². The van der Waals surface area contributed by atoms with Gasteiger partial charge >= 0.3 is 0 Å². The molecule has 9 heteroatoms. The number of hydrogen-bond donors (Lipinski definition) is 2. The van der Waals surface area contributed by atoms with Gasteiger partial charge < -0.3 is 28.8 Å². The van der Waals surface area contributed by atoms with Crippen LogP contribution in [-0.2, 0) is 18.4 Å². The molecule has 3 unspecified atom stereocenters. The number of nitrogens with zero attached hydrogens (tertiary/aromatic N) is 1. The summed E-state index contributed by atoms with van der Waals surface area (Å²) in [5, 5.41) is 13.8. The van der Waals surface area contributed by atoms with Gasteiger partial charge in [-0.3, -0.25) is 9.36 Å². The summed E-state index contributed by atoms with van der Waals surface area (Å²) in [5.41, 5.74) is 0. The molecule has 0 fully saturated rings. The molecule has 0 bridgehead atoms. The summed E-state index contributed by atoms with van der Waals surface area (Å²) in [6.07, 6.45) is 63.3. The zero-order valence-corrected chi connectivity index (χ0v) is 41.9. The van der Waals surface area contributed by atoms with Crippen molar-refractivity contribution < 1.29 is 32.9 Å². The summed E-state index contributed by atoms with van der Waals surface area (Å²) in [7, 11) is 1.22. The largest absolute Gasteiger partial charge is 0.756 e. The molecule has 0 aromatic heterocycles. The average molecular weight is 899 g/mol. The summed E-state index contributed by atoms with van der Waals surface area (Å²) in [4.78, 5) is 25.3. The first-order valence-corrected chi connectivity index (χ1v) is 26.6. The number of allylic oxidation sites excluding steroid dienone is 15. The van der Waals surface area contributed by atoms with Crippen molar-refractivity contribution in [2.45, 2.75) is 199 Å². The quantitative estimate of drug-likeness (QED) is 0.0273. The normalized spacial score (nSPS) is 15.0. The van der Waals surface area contributed by atoms with Crippen LogP contribution in [0.1, 0.15) is 187 Å². The Bertz CT molecular complexity index is 1340. The Hall–Kier alpha value is -2.58.